The highest BCUT2D eigenvalue weighted by atomic mass is 16.5. The van der Waals surface area contributed by atoms with Crippen LogP contribution in [0.5, 0.6) is 0 Å². The summed E-state index contributed by atoms with van der Waals surface area (Å²) < 4.78 is 5.67. The Morgan fingerprint density at radius 2 is 1.86 bits per heavy atom. The van der Waals surface area contributed by atoms with E-state index in [2.05, 4.69) is 33.8 Å². The molecule has 5 aliphatic rings. The number of rotatable bonds is 3. The van der Waals surface area contributed by atoms with Crippen molar-refractivity contribution in [1.29, 1.82) is 5.26 Å². The molecule has 0 amide bonds. The van der Waals surface area contributed by atoms with Crippen LogP contribution in [-0.4, -0.2) is 30.7 Å². The molecular weight excluding hydrogens is 452 g/mol. The molecule has 0 aromatic heterocycles. The molecule has 6 nitrogen and oxygen atoms in total. The molecule has 7 atom stereocenters. The first-order valence-electron chi connectivity index (χ1n) is 13.7. The van der Waals surface area contributed by atoms with Crippen LogP contribution in [0.3, 0.4) is 0 Å². The van der Waals surface area contributed by atoms with Crippen molar-refractivity contribution >= 4 is 17.5 Å². The first kappa shape index (κ1) is 25.4. The van der Waals surface area contributed by atoms with Crippen molar-refractivity contribution in [3.05, 3.63) is 23.3 Å². The summed E-state index contributed by atoms with van der Waals surface area (Å²) in [4.78, 5) is 38.6. The van der Waals surface area contributed by atoms with E-state index in [1.165, 1.54) is 0 Å². The number of nitrogens with zero attached hydrogens (tertiary/aromatic N) is 1. The lowest BCUT2D eigenvalue weighted by Crippen LogP contribution is -2.60. The quantitative estimate of drug-likeness (QED) is 0.573. The maximum Gasteiger partial charge on any atom is 0.319 e. The Labute approximate surface area is 214 Å². The van der Waals surface area contributed by atoms with Gasteiger partial charge in [0, 0.05) is 23.2 Å². The summed E-state index contributed by atoms with van der Waals surface area (Å²) in [6.07, 6.45) is 10.9. The lowest BCUT2D eigenvalue weighted by Gasteiger charge is -2.64. The molecule has 5 rings (SSSR count). The summed E-state index contributed by atoms with van der Waals surface area (Å²) in [5.41, 5.74) is 6.27. The number of allylic oxidation sites excluding steroid dienone is 4. The Kier molecular flexibility index (Phi) is 5.91. The fraction of sp³-hybridized carbons (Fsp3) is 0.733. The Morgan fingerprint density at radius 3 is 2.56 bits per heavy atom. The molecule has 194 valence electrons. The monoisotopic (exact) mass is 492 g/mol. The van der Waals surface area contributed by atoms with Gasteiger partial charge >= 0.3 is 5.97 Å². The van der Waals surface area contributed by atoms with Crippen molar-refractivity contribution in [2.75, 3.05) is 13.2 Å². The molecule has 36 heavy (non-hydrogen) atoms. The smallest absolute Gasteiger partial charge is 0.319 e. The Hall–Kier alpha value is -2.26. The molecule has 0 spiro atoms. The van der Waals surface area contributed by atoms with Crippen LogP contribution in [0.15, 0.2) is 23.3 Å². The Balaban J connectivity index is 1.57. The maximum absolute atomic E-state index is 14.1. The molecule has 0 radical (unpaired) electrons. The van der Waals surface area contributed by atoms with E-state index in [4.69, 9.17) is 10.5 Å². The summed E-state index contributed by atoms with van der Waals surface area (Å²) in [7, 11) is 0. The second-order valence-electron chi connectivity index (χ2n) is 13.6. The van der Waals surface area contributed by atoms with Crippen molar-refractivity contribution in [3.63, 3.8) is 0 Å². The Morgan fingerprint density at radius 1 is 1.11 bits per heavy atom. The van der Waals surface area contributed by atoms with Gasteiger partial charge in [0.25, 0.3) is 0 Å². The van der Waals surface area contributed by atoms with Crippen LogP contribution in [0.2, 0.25) is 0 Å². The third-order valence-electron chi connectivity index (χ3n) is 11.2. The van der Waals surface area contributed by atoms with Crippen LogP contribution < -0.4 is 5.73 Å². The number of ketones is 2. The number of ether oxygens (including phenoxy) is 1. The predicted octanol–water partition coefficient (Wildman–Crippen LogP) is 4.68. The van der Waals surface area contributed by atoms with Crippen LogP contribution in [0.1, 0.15) is 79.1 Å². The van der Waals surface area contributed by atoms with E-state index < -0.39 is 5.41 Å². The number of carbonyl (C=O) groups is 3. The van der Waals surface area contributed by atoms with E-state index in [9.17, 15) is 19.6 Å². The van der Waals surface area contributed by atoms with Gasteiger partial charge < -0.3 is 10.5 Å². The van der Waals surface area contributed by atoms with E-state index in [1.807, 2.05) is 12.2 Å². The number of Topliss-reactive ketones (excluding diaryl/α,β-unsaturated/α-hetero) is 1. The van der Waals surface area contributed by atoms with E-state index >= 15 is 0 Å². The number of hydrogen-bond donors (Lipinski definition) is 1. The van der Waals surface area contributed by atoms with E-state index in [1.54, 1.807) is 0 Å². The topological polar surface area (TPSA) is 110 Å². The number of carbonyl (C=O) groups excluding carboxylic acids is 3. The summed E-state index contributed by atoms with van der Waals surface area (Å²) in [5, 5.41) is 9.61. The minimum absolute atomic E-state index is 0.0666. The van der Waals surface area contributed by atoms with Crippen molar-refractivity contribution in [1.82, 2.24) is 0 Å². The molecule has 0 saturated heterocycles. The number of nitriles is 1. The molecule has 0 aromatic rings. The van der Waals surface area contributed by atoms with Gasteiger partial charge in [-0.25, -0.2) is 0 Å². The summed E-state index contributed by atoms with van der Waals surface area (Å²) >= 11 is 0. The minimum Gasteiger partial charge on any atom is -0.464 e. The van der Waals surface area contributed by atoms with Gasteiger partial charge in [0.15, 0.2) is 11.6 Å². The van der Waals surface area contributed by atoms with Crippen LogP contribution >= 0.6 is 0 Å². The van der Waals surface area contributed by atoms with Gasteiger partial charge in [0.2, 0.25) is 0 Å². The molecule has 0 aliphatic heterocycles. The molecule has 3 fully saturated rings. The zero-order valence-corrected chi connectivity index (χ0v) is 22.2. The Bertz CT molecular complexity index is 1110. The molecule has 0 aromatic carbocycles. The van der Waals surface area contributed by atoms with Crippen LogP contribution in [-0.2, 0) is 19.1 Å². The lowest BCUT2D eigenvalue weighted by molar-refractivity contribution is -0.165. The molecule has 2 N–H and O–H groups in total. The van der Waals surface area contributed by atoms with Crippen LogP contribution in [0, 0.1) is 56.7 Å². The average Bonchev–Trinajstić information content (AvgIpc) is 2.83. The highest BCUT2D eigenvalue weighted by Crippen LogP contribution is 2.69. The summed E-state index contributed by atoms with van der Waals surface area (Å²) in [6, 6.07) is 2.12. The maximum atomic E-state index is 14.1. The minimum atomic E-state index is -0.441. The third kappa shape index (κ3) is 3.64. The van der Waals surface area contributed by atoms with E-state index in [-0.39, 0.29) is 69.6 Å². The number of esters is 1. The van der Waals surface area contributed by atoms with Crippen molar-refractivity contribution in [2.24, 2.45) is 51.1 Å². The number of hydrogen-bond acceptors (Lipinski definition) is 6. The zero-order valence-electron chi connectivity index (χ0n) is 22.2. The molecule has 7 unspecified atom stereocenters. The van der Waals surface area contributed by atoms with E-state index in [0.717, 1.165) is 50.5 Å². The largest absolute Gasteiger partial charge is 0.464 e. The third-order valence-corrected chi connectivity index (χ3v) is 11.2. The average molecular weight is 493 g/mol. The predicted molar refractivity (Wildman–Crippen MR) is 135 cm³/mol. The zero-order chi connectivity index (χ0) is 26.1. The van der Waals surface area contributed by atoms with Gasteiger partial charge in [-0.05, 0) is 79.6 Å². The lowest BCUT2D eigenvalue weighted by atomic mass is 9.40. The van der Waals surface area contributed by atoms with Crippen LogP contribution in [0.25, 0.3) is 0 Å². The van der Waals surface area contributed by atoms with Gasteiger partial charge in [-0.2, -0.15) is 5.26 Å². The standard InChI is InChI=1S/C30H40N2O4/c1-27(2)9-10-30(17-36-25(35)16-32)8-6-20-26(21(30)14-27)23(34)12-24-28(20,3)7-5-19-11-22(33)18(15-31)13-29(19,24)4/h12-13,19-21,26H,5-11,14,16-17,32H2,1-4H3. The SMILES string of the molecule is CC1(C)CCC2(COC(=O)CN)CCC3C(C(=O)C=C4C5(C)C=C(C#N)C(=O)CC5CCC43C)C2C1. The first-order chi connectivity index (χ1) is 16.9. The van der Waals surface area contributed by atoms with Crippen LogP contribution in [0.4, 0.5) is 0 Å². The van der Waals surface area contributed by atoms with Gasteiger partial charge in [-0.3, -0.25) is 14.4 Å². The van der Waals surface area contributed by atoms with Gasteiger partial charge in [0.1, 0.15) is 6.07 Å². The summed E-state index contributed by atoms with van der Waals surface area (Å²) in [5.74, 6) is 0.176. The summed E-state index contributed by atoms with van der Waals surface area (Å²) in [6.45, 7) is 9.29. The normalized spacial score (nSPS) is 43.0. The van der Waals surface area contributed by atoms with Gasteiger partial charge in [0.05, 0.1) is 18.7 Å². The van der Waals surface area contributed by atoms with Crippen molar-refractivity contribution < 1.29 is 19.1 Å². The number of nitrogens with two attached hydrogens (primary N) is 1. The molecule has 0 heterocycles. The second-order valence-corrected chi connectivity index (χ2v) is 13.6. The fourth-order valence-corrected chi connectivity index (χ4v) is 9.06. The molecule has 3 saturated carbocycles. The molecule has 5 aliphatic carbocycles. The number of fused-ring (bicyclic) bond motifs is 7. The van der Waals surface area contributed by atoms with Gasteiger partial charge in [-0.1, -0.05) is 39.3 Å². The molecular formula is C30H40N2O4. The van der Waals surface area contributed by atoms with E-state index in [0.29, 0.717) is 13.0 Å². The van der Waals surface area contributed by atoms with Gasteiger partial charge in [-0.15, -0.1) is 0 Å². The highest BCUT2D eigenvalue weighted by Gasteiger charge is 2.63. The second kappa shape index (κ2) is 8.38. The highest BCUT2D eigenvalue weighted by molar-refractivity contribution is 6.01. The molecule has 0 bridgehead atoms. The van der Waals surface area contributed by atoms with Crippen molar-refractivity contribution in [2.45, 2.75) is 79.1 Å². The fourth-order valence-electron chi connectivity index (χ4n) is 9.06. The van der Waals surface area contributed by atoms with Crippen molar-refractivity contribution in [3.8, 4) is 6.07 Å². The first-order valence-corrected chi connectivity index (χ1v) is 13.7. The molecule has 6 heteroatoms.